The summed E-state index contributed by atoms with van der Waals surface area (Å²) in [6.45, 7) is 1.87. The molecule has 0 aromatic heterocycles. The summed E-state index contributed by atoms with van der Waals surface area (Å²) in [4.78, 5) is 11.9. The second-order valence-electron chi connectivity index (χ2n) is 4.60. The third-order valence-corrected chi connectivity index (χ3v) is 3.05. The first kappa shape index (κ1) is 14.8. The van der Waals surface area contributed by atoms with Crippen molar-refractivity contribution < 1.29 is 13.9 Å². The van der Waals surface area contributed by atoms with Crippen molar-refractivity contribution in [3.63, 3.8) is 0 Å². The molecule has 0 aliphatic heterocycles. The minimum Gasteiger partial charge on any atom is -0.497 e. The largest absolute Gasteiger partial charge is 0.497 e. The van der Waals surface area contributed by atoms with E-state index in [0.717, 1.165) is 11.3 Å². The highest BCUT2D eigenvalue weighted by Crippen LogP contribution is 2.17. The molecule has 0 aliphatic carbocycles. The number of nitrogens with one attached hydrogen (secondary N) is 2. The summed E-state index contributed by atoms with van der Waals surface area (Å²) < 4.78 is 18.1. The maximum Gasteiger partial charge on any atom is 0.319 e. The van der Waals surface area contributed by atoms with Gasteiger partial charge in [-0.1, -0.05) is 18.2 Å². The summed E-state index contributed by atoms with van der Waals surface area (Å²) in [6.07, 6.45) is 0. The van der Waals surface area contributed by atoms with Crippen molar-refractivity contribution in [2.24, 2.45) is 0 Å². The van der Waals surface area contributed by atoms with Crippen molar-refractivity contribution in [2.75, 3.05) is 12.4 Å². The third kappa shape index (κ3) is 4.21. The average Bonchev–Trinajstić information content (AvgIpc) is 2.47. The summed E-state index contributed by atoms with van der Waals surface area (Å²) in [7, 11) is 1.60. The molecule has 0 bridgehead atoms. The molecule has 0 fully saturated rings. The first-order chi connectivity index (χ1) is 10.1. The second-order valence-corrected chi connectivity index (χ2v) is 4.60. The van der Waals surface area contributed by atoms with Crippen LogP contribution in [0.25, 0.3) is 0 Å². The Morgan fingerprint density at radius 2 is 1.90 bits per heavy atom. The van der Waals surface area contributed by atoms with E-state index in [0.29, 0.717) is 5.69 Å². The highest BCUT2D eigenvalue weighted by Gasteiger charge is 2.10. The zero-order valence-electron chi connectivity index (χ0n) is 11.9. The van der Waals surface area contributed by atoms with Crippen molar-refractivity contribution in [2.45, 2.75) is 13.0 Å². The Labute approximate surface area is 122 Å². The molecule has 2 aromatic rings. The summed E-state index contributed by atoms with van der Waals surface area (Å²) in [5, 5.41) is 5.38. The third-order valence-electron chi connectivity index (χ3n) is 3.05. The van der Waals surface area contributed by atoms with Crippen molar-refractivity contribution in [3.8, 4) is 5.75 Å². The Morgan fingerprint density at radius 1 is 1.19 bits per heavy atom. The van der Waals surface area contributed by atoms with Gasteiger partial charge in [-0.2, -0.15) is 0 Å². The zero-order chi connectivity index (χ0) is 15.2. The summed E-state index contributed by atoms with van der Waals surface area (Å²) in [5.74, 6) is 0.367. The number of urea groups is 1. The Kier molecular flexibility index (Phi) is 4.77. The number of methoxy groups -OCH3 is 1. The maximum atomic E-state index is 13.0. The summed E-state index contributed by atoms with van der Waals surface area (Å²) >= 11 is 0. The van der Waals surface area contributed by atoms with Crippen LogP contribution in [0.2, 0.25) is 0 Å². The fourth-order valence-electron chi connectivity index (χ4n) is 1.91. The molecule has 110 valence electrons. The zero-order valence-corrected chi connectivity index (χ0v) is 11.9. The molecule has 2 aromatic carbocycles. The predicted molar refractivity (Wildman–Crippen MR) is 80.0 cm³/mol. The van der Waals surface area contributed by atoms with E-state index in [2.05, 4.69) is 10.6 Å². The highest BCUT2D eigenvalue weighted by atomic mass is 19.1. The molecule has 0 aliphatic rings. The van der Waals surface area contributed by atoms with E-state index in [-0.39, 0.29) is 12.1 Å². The van der Waals surface area contributed by atoms with Gasteiger partial charge in [0.05, 0.1) is 13.2 Å². The van der Waals surface area contributed by atoms with E-state index in [1.165, 1.54) is 18.2 Å². The van der Waals surface area contributed by atoms with Crippen molar-refractivity contribution >= 4 is 11.7 Å². The molecule has 21 heavy (non-hydrogen) atoms. The SMILES string of the molecule is COc1ccc(C(C)NC(=O)Nc2cccc(F)c2)cc1. The van der Waals surface area contributed by atoms with E-state index in [4.69, 9.17) is 4.74 Å². The van der Waals surface area contributed by atoms with Gasteiger partial charge >= 0.3 is 6.03 Å². The van der Waals surface area contributed by atoms with Gasteiger partial charge in [-0.25, -0.2) is 9.18 Å². The van der Waals surface area contributed by atoms with Gasteiger partial charge in [-0.3, -0.25) is 0 Å². The molecule has 2 amide bonds. The van der Waals surface area contributed by atoms with E-state index in [1.54, 1.807) is 13.2 Å². The molecular weight excluding hydrogens is 271 g/mol. The first-order valence-corrected chi connectivity index (χ1v) is 6.55. The maximum absolute atomic E-state index is 13.0. The van der Waals surface area contributed by atoms with Crippen LogP contribution in [0.3, 0.4) is 0 Å². The van der Waals surface area contributed by atoms with Gasteiger partial charge in [0, 0.05) is 5.69 Å². The van der Waals surface area contributed by atoms with Crippen LogP contribution in [0.1, 0.15) is 18.5 Å². The van der Waals surface area contributed by atoms with Crippen molar-refractivity contribution in [3.05, 3.63) is 59.9 Å². The quantitative estimate of drug-likeness (QED) is 0.901. The Bertz CT molecular complexity index is 614. The van der Waals surface area contributed by atoms with Gasteiger partial charge in [0.25, 0.3) is 0 Å². The summed E-state index contributed by atoms with van der Waals surface area (Å²) in [5.41, 5.74) is 1.36. The number of amides is 2. The first-order valence-electron chi connectivity index (χ1n) is 6.55. The van der Waals surface area contributed by atoms with Crippen LogP contribution in [0.5, 0.6) is 5.75 Å². The van der Waals surface area contributed by atoms with Crippen molar-refractivity contribution in [1.29, 1.82) is 0 Å². The van der Waals surface area contributed by atoms with Crippen LogP contribution in [0, 0.1) is 5.82 Å². The lowest BCUT2D eigenvalue weighted by Gasteiger charge is -2.15. The summed E-state index contributed by atoms with van der Waals surface area (Å²) in [6, 6.07) is 12.6. The molecule has 1 unspecified atom stereocenters. The lowest BCUT2D eigenvalue weighted by atomic mass is 10.1. The van der Waals surface area contributed by atoms with Gasteiger partial charge in [-0.15, -0.1) is 0 Å². The van der Waals surface area contributed by atoms with Gasteiger partial charge in [-0.05, 0) is 42.8 Å². The minimum atomic E-state index is -0.393. The predicted octanol–water partition coefficient (Wildman–Crippen LogP) is 3.72. The lowest BCUT2D eigenvalue weighted by Crippen LogP contribution is -2.31. The van der Waals surface area contributed by atoms with E-state index >= 15 is 0 Å². The van der Waals surface area contributed by atoms with Crippen LogP contribution in [0.15, 0.2) is 48.5 Å². The molecule has 5 heteroatoms. The van der Waals surface area contributed by atoms with Gasteiger partial charge in [0.1, 0.15) is 11.6 Å². The van der Waals surface area contributed by atoms with E-state index in [1.807, 2.05) is 31.2 Å². The molecular formula is C16H17FN2O2. The molecule has 0 saturated heterocycles. The van der Waals surface area contributed by atoms with Gasteiger partial charge in [0.15, 0.2) is 0 Å². The van der Waals surface area contributed by atoms with Crippen LogP contribution < -0.4 is 15.4 Å². The molecule has 0 spiro atoms. The second kappa shape index (κ2) is 6.74. The van der Waals surface area contributed by atoms with E-state index < -0.39 is 5.82 Å². The Hall–Kier alpha value is -2.56. The lowest BCUT2D eigenvalue weighted by molar-refractivity contribution is 0.249. The number of anilines is 1. The number of ether oxygens (including phenoxy) is 1. The fourth-order valence-corrected chi connectivity index (χ4v) is 1.91. The molecule has 4 nitrogen and oxygen atoms in total. The van der Waals surface area contributed by atoms with E-state index in [9.17, 15) is 9.18 Å². The number of hydrogen-bond donors (Lipinski definition) is 2. The number of halogens is 1. The van der Waals surface area contributed by atoms with Crippen LogP contribution in [-0.2, 0) is 0 Å². The molecule has 2 N–H and O–H groups in total. The molecule has 0 heterocycles. The number of carbonyl (C=O) groups excluding carboxylic acids is 1. The van der Waals surface area contributed by atoms with Gasteiger partial charge < -0.3 is 15.4 Å². The van der Waals surface area contributed by atoms with Gasteiger partial charge in [0.2, 0.25) is 0 Å². The topological polar surface area (TPSA) is 50.4 Å². The smallest absolute Gasteiger partial charge is 0.319 e. The normalized spacial score (nSPS) is 11.6. The molecule has 2 rings (SSSR count). The average molecular weight is 288 g/mol. The number of benzene rings is 2. The number of hydrogen-bond acceptors (Lipinski definition) is 2. The molecule has 0 saturated carbocycles. The van der Waals surface area contributed by atoms with Crippen LogP contribution >= 0.6 is 0 Å². The minimum absolute atomic E-state index is 0.176. The Balaban J connectivity index is 1.95. The fraction of sp³-hybridized carbons (Fsp3) is 0.188. The van der Waals surface area contributed by atoms with Crippen molar-refractivity contribution in [1.82, 2.24) is 5.32 Å². The Morgan fingerprint density at radius 3 is 2.52 bits per heavy atom. The molecule has 0 radical (unpaired) electrons. The van der Waals surface area contributed by atoms with Crippen LogP contribution in [0.4, 0.5) is 14.9 Å². The molecule has 1 atom stereocenters. The monoisotopic (exact) mass is 288 g/mol. The number of rotatable bonds is 4. The van der Waals surface area contributed by atoms with Crippen LogP contribution in [-0.4, -0.2) is 13.1 Å². The number of carbonyl (C=O) groups is 1. The highest BCUT2D eigenvalue weighted by molar-refractivity contribution is 5.89. The standard InChI is InChI=1S/C16H17FN2O2/c1-11(12-6-8-15(21-2)9-7-12)18-16(20)19-14-5-3-4-13(17)10-14/h3-11H,1-2H3,(H2,18,19,20).